The Morgan fingerprint density at radius 1 is 0.963 bits per heavy atom. The van der Waals surface area contributed by atoms with Gasteiger partial charge in [0.25, 0.3) is 0 Å². The molecule has 3 saturated carbocycles. The quantitative estimate of drug-likeness (QED) is 0.588. The molecule has 4 aliphatic rings. The van der Waals surface area contributed by atoms with Gasteiger partial charge in [0.15, 0.2) is 0 Å². The highest BCUT2D eigenvalue weighted by atomic mass is 16.3. The first-order chi connectivity index (χ1) is 12.5. The SMILES string of the molecule is CC1=CCC2C(C)(CCC3C4(C)CCCC(C)(C)C4C(O)CC23C)C1CO. The van der Waals surface area contributed by atoms with Crippen LogP contribution in [0.15, 0.2) is 11.6 Å². The van der Waals surface area contributed by atoms with Gasteiger partial charge in [-0.2, -0.15) is 0 Å². The number of rotatable bonds is 1. The van der Waals surface area contributed by atoms with Gasteiger partial charge >= 0.3 is 0 Å². The molecule has 0 amide bonds. The van der Waals surface area contributed by atoms with Gasteiger partial charge in [0.05, 0.1) is 12.7 Å². The predicted molar refractivity (Wildman–Crippen MR) is 111 cm³/mol. The van der Waals surface area contributed by atoms with Crippen molar-refractivity contribution >= 4 is 0 Å². The lowest BCUT2D eigenvalue weighted by Gasteiger charge is -2.70. The van der Waals surface area contributed by atoms with E-state index in [1.54, 1.807) is 0 Å². The van der Waals surface area contributed by atoms with Crippen molar-refractivity contribution in [2.45, 2.75) is 92.6 Å². The van der Waals surface area contributed by atoms with Crippen LogP contribution in [0, 0.1) is 45.3 Å². The van der Waals surface area contributed by atoms with E-state index < -0.39 is 0 Å². The Morgan fingerprint density at radius 3 is 2.33 bits per heavy atom. The standard InChI is InChI=1S/C25H42O2/c1-16-8-9-19-23(4,17(16)15-26)13-10-20-24(5)12-7-11-22(2,3)21(24)18(27)14-25(19,20)6/h8,17-21,26-27H,7,9-15H2,1-6H3. The molecular formula is C25H42O2. The van der Waals surface area contributed by atoms with Gasteiger partial charge in [-0.05, 0) is 84.9 Å². The summed E-state index contributed by atoms with van der Waals surface area (Å²) in [5.74, 6) is 1.99. The van der Waals surface area contributed by atoms with Crippen molar-refractivity contribution in [2.75, 3.05) is 6.61 Å². The van der Waals surface area contributed by atoms with Gasteiger partial charge in [-0.1, -0.05) is 52.7 Å². The van der Waals surface area contributed by atoms with Crippen molar-refractivity contribution in [1.29, 1.82) is 0 Å². The fraction of sp³-hybridized carbons (Fsp3) is 0.920. The topological polar surface area (TPSA) is 40.5 Å². The molecule has 2 N–H and O–H groups in total. The van der Waals surface area contributed by atoms with Crippen LogP contribution in [0.3, 0.4) is 0 Å². The van der Waals surface area contributed by atoms with Crippen molar-refractivity contribution in [1.82, 2.24) is 0 Å². The molecule has 2 heteroatoms. The second-order valence-electron chi connectivity index (χ2n) is 12.2. The van der Waals surface area contributed by atoms with Crippen LogP contribution in [0.25, 0.3) is 0 Å². The second-order valence-corrected chi connectivity index (χ2v) is 12.2. The number of allylic oxidation sites excluding steroid dienone is 1. The van der Waals surface area contributed by atoms with E-state index in [4.69, 9.17) is 0 Å². The van der Waals surface area contributed by atoms with Gasteiger partial charge in [-0.3, -0.25) is 0 Å². The highest BCUT2D eigenvalue weighted by Crippen LogP contribution is 2.72. The molecule has 0 aromatic heterocycles. The summed E-state index contributed by atoms with van der Waals surface area (Å²) in [6, 6.07) is 0. The summed E-state index contributed by atoms with van der Waals surface area (Å²) in [7, 11) is 0. The molecule has 0 bridgehead atoms. The number of aliphatic hydroxyl groups excluding tert-OH is 2. The van der Waals surface area contributed by atoms with Crippen LogP contribution in [0.2, 0.25) is 0 Å². The Hall–Kier alpha value is -0.340. The number of hydrogen-bond donors (Lipinski definition) is 2. The second kappa shape index (κ2) is 6.08. The molecule has 0 aliphatic heterocycles. The van der Waals surface area contributed by atoms with E-state index in [1.807, 2.05) is 0 Å². The molecule has 0 aromatic rings. The lowest BCUT2D eigenvalue weighted by Crippen LogP contribution is -2.66. The molecule has 4 aliphatic carbocycles. The molecule has 0 saturated heterocycles. The van der Waals surface area contributed by atoms with Crippen LogP contribution in [0.1, 0.15) is 86.5 Å². The lowest BCUT2D eigenvalue weighted by atomic mass is 9.35. The molecule has 27 heavy (non-hydrogen) atoms. The van der Waals surface area contributed by atoms with Gasteiger partial charge < -0.3 is 10.2 Å². The minimum Gasteiger partial charge on any atom is -0.396 e. The smallest absolute Gasteiger partial charge is 0.0584 e. The Kier molecular flexibility index (Phi) is 4.49. The fourth-order valence-corrected chi connectivity index (χ4v) is 9.65. The van der Waals surface area contributed by atoms with Crippen molar-refractivity contribution < 1.29 is 10.2 Å². The van der Waals surface area contributed by atoms with E-state index in [0.29, 0.717) is 23.7 Å². The maximum atomic E-state index is 11.5. The third-order valence-electron chi connectivity index (χ3n) is 10.5. The number of fused-ring (bicyclic) bond motifs is 5. The Labute approximate surface area is 166 Å². The summed E-state index contributed by atoms with van der Waals surface area (Å²) in [6.07, 6.45) is 10.6. The van der Waals surface area contributed by atoms with E-state index >= 15 is 0 Å². The highest BCUT2D eigenvalue weighted by molar-refractivity contribution is 5.22. The number of hydrogen-bond acceptors (Lipinski definition) is 2. The molecule has 4 rings (SSSR count). The van der Waals surface area contributed by atoms with Gasteiger partial charge in [-0.15, -0.1) is 0 Å². The van der Waals surface area contributed by atoms with Crippen molar-refractivity contribution in [2.24, 2.45) is 45.3 Å². The first kappa shape index (κ1) is 20.0. The van der Waals surface area contributed by atoms with Crippen LogP contribution in [-0.2, 0) is 0 Å². The van der Waals surface area contributed by atoms with E-state index in [9.17, 15) is 10.2 Å². The molecule has 2 nitrogen and oxygen atoms in total. The van der Waals surface area contributed by atoms with Crippen molar-refractivity contribution in [3.63, 3.8) is 0 Å². The zero-order chi connectivity index (χ0) is 19.8. The summed E-state index contributed by atoms with van der Waals surface area (Å²) in [5.41, 5.74) is 2.23. The fourth-order valence-electron chi connectivity index (χ4n) is 9.65. The maximum absolute atomic E-state index is 11.5. The third-order valence-corrected chi connectivity index (χ3v) is 10.5. The van der Waals surface area contributed by atoms with Gasteiger partial charge in [0, 0.05) is 5.92 Å². The minimum atomic E-state index is -0.187. The van der Waals surface area contributed by atoms with E-state index in [0.717, 1.165) is 12.8 Å². The van der Waals surface area contributed by atoms with Crippen LogP contribution in [-0.4, -0.2) is 22.9 Å². The minimum absolute atomic E-state index is 0.173. The molecule has 154 valence electrons. The normalized spacial score (nSPS) is 54.4. The molecule has 0 radical (unpaired) electrons. The van der Waals surface area contributed by atoms with Crippen LogP contribution >= 0.6 is 0 Å². The first-order valence-electron chi connectivity index (χ1n) is 11.5. The van der Waals surface area contributed by atoms with E-state index in [2.05, 4.69) is 47.6 Å². The Bertz CT molecular complexity index is 636. The van der Waals surface area contributed by atoms with Crippen LogP contribution in [0.5, 0.6) is 0 Å². The van der Waals surface area contributed by atoms with Crippen LogP contribution in [0.4, 0.5) is 0 Å². The zero-order valence-electron chi connectivity index (χ0n) is 18.5. The van der Waals surface area contributed by atoms with E-state index in [-0.39, 0.29) is 34.4 Å². The lowest BCUT2D eigenvalue weighted by molar-refractivity contribution is -0.236. The average Bonchev–Trinajstić information content (AvgIpc) is 2.52. The summed E-state index contributed by atoms with van der Waals surface area (Å²) < 4.78 is 0. The molecule has 0 heterocycles. The highest BCUT2D eigenvalue weighted by Gasteiger charge is 2.67. The molecule has 3 fully saturated rings. The zero-order valence-corrected chi connectivity index (χ0v) is 18.5. The largest absolute Gasteiger partial charge is 0.396 e. The summed E-state index contributed by atoms with van der Waals surface area (Å²) in [4.78, 5) is 0. The molecule has 0 aromatic carbocycles. The predicted octanol–water partition coefficient (Wildman–Crippen LogP) is 5.58. The average molecular weight is 375 g/mol. The van der Waals surface area contributed by atoms with Gasteiger partial charge in [0.2, 0.25) is 0 Å². The monoisotopic (exact) mass is 374 g/mol. The Morgan fingerprint density at radius 2 is 1.67 bits per heavy atom. The van der Waals surface area contributed by atoms with Gasteiger partial charge in [-0.25, -0.2) is 0 Å². The van der Waals surface area contributed by atoms with Crippen molar-refractivity contribution in [3.05, 3.63) is 11.6 Å². The summed E-state index contributed by atoms with van der Waals surface area (Å²) in [5, 5.41) is 21.7. The Balaban J connectivity index is 1.79. The van der Waals surface area contributed by atoms with E-state index in [1.165, 1.54) is 37.7 Å². The molecule has 8 unspecified atom stereocenters. The summed E-state index contributed by atoms with van der Waals surface area (Å²) in [6.45, 7) is 14.8. The van der Waals surface area contributed by atoms with Crippen LogP contribution < -0.4 is 0 Å². The third kappa shape index (κ3) is 2.51. The molecule has 0 spiro atoms. The maximum Gasteiger partial charge on any atom is 0.0584 e. The molecule has 8 atom stereocenters. The molecular weight excluding hydrogens is 332 g/mol. The first-order valence-corrected chi connectivity index (χ1v) is 11.5. The van der Waals surface area contributed by atoms with Crippen molar-refractivity contribution in [3.8, 4) is 0 Å². The summed E-state index contributed by atoms with van der Waals surface area (Å²) >= 11 is 0. The number of aliphatic hydroxyl groups is 2. The van der Waals surface area contributed by atoms with Gasteiger partial charge in [0.1, 0.15) is 0 Å².